The normalized spacial score (nSPS) is 21.6. The molecule has 0 N–H and O–H groups in total. The van der Waals surface area contributed by atoms with E-state index < -0.39 is 0 Å². The second-order valence-corrected chi connectivity index (χ2v) is 2.61. The van der Waals surface area contributed by atoms with Gasteiger partial charge in [0.2, 0.25) is 0 Å². The third-order valence-electron chi connectivity index (χ3n) is 1.74. The van der Waals surface area contributed by atoms with E-state index in [-0.39, 0.29) is 11.7 Å². The second kappa shape index (κ2) is 5.76. The van der Waals surface area contributed by atoms with E-state index in [1.54, 1.807) is 12.2 Å². The van der Waals surface area contributed by atoms with E-state index in [4.69, 9.17) is 0 Å². The van der Waals surface area contributed by atoms with Crippen molar-refractivity contribution >= 4 is 0 Å². The van der Waals surface area contributed by atoms with Gasteiger partial charge in [-0.15, -0.1) is 0 Å². The van der Waals surface area contributed by atoms with Gasteiger partial charge in [-0.1, -0.05) is 38.5 Å². The standard InChI is InChI=1S/C9H11F.C2H6/c1-7-4-3-5-9(10)6-8(7)2;1-2/h3-6,8H,1-2H3;1-2H3. The topological polar surface area (TPSA) is 0 Å². The average Bonchev–Trinajstić information content (AvgIpc) is 2.19. The summed E-state index contributed by atoms with van der Waals surface area (Å²) < 4.78 is 12.6. The molecule has 1 unspecified atom stereocenters. The molecule has 0 fully saturated rings. The molecule has 0 spiro atoms. The minimum absolute atomic E-state index is 0.138. The van der Waals surface area contributed by atoms with Gasteiger partial charge in [0.1, 0.15) is 5.83 Å². The molecule has 0 saturated heterocycles. The molecule has 0 radical (unpaired) electrons. The molecule has 0 aromatic carbocycles. The van der Waals surface area contributed by atoms with Crippen LogP contribution >= 0.6 is 0 Å². The molecular formula is C11H17F. The van der Waals surface area contributed by atoms with Gasteiger partial charge in [0.05, 0.1) is 0 Å². The van der Waals surface area contributed by atoms with Crippen LogP contribution in [0.15, 0.2) is 35.7 Å². The Balaban J connectivity index is 0.000000561. The first kappa shape index (κ1) is 11.2. The molecule has 1 heteroatoms. The van der Waals surface area contributed by atoms with Crippen LogP contribution in [0.2, 0.25) is 0 Å². The lowest BCUT2D eigenvalue weighted by atomic mass is 10.0. The quantitative estimate of drug-likeness (QED) is 0.512. The second-order valence-electron chi connectivity index (χ2n) is 2.61. The maximum Gasteiger partial charge on any atom is 0.119 e. The Morgan fingerprint density at radius 3 is 2.50 bits per heavy atom. The Kier molecular flexibility index (Phi) is 5.35. The van der Waals surface area contributed by atoms with Gasteiger partial charge in [0.25, 0.3) is 0 Å². The first-order chi connectivity index (χ1) is 5.70. The highest BCUT2D eigenvalue weighted by Crippen LogP contribution is 2.17. The molecule has 12 heavy (non-hydrogen) atoms. The van der Waals surface area contributed by atoms with Gasteiger partial charge in [0, 0.05) is 0 Å². The van der Waals surface area contributed by atoms with Crippen molar-refractivity contribution in [1.29, 1.82) is 0 Å². The third kappa shape index (κ3) is 3.51. The SMILES string of the molecule is CC.CC1=CC=CC(F)=CC1C. The van der Waals surface area contributed by atoms with E-state index in [9.17, 15) is 4.39 Å². The van der Waals surface area contributed by atoms with E-state index in [0.717, 1.165) is 0 Å². The van der Waals surface area contributed by atoms with Crippen LogP contribution < -0.4 is 0 Å². The van der Waals surface area contributed by atoms with Crippen LogP contribution in [0.1, 0.15) is 27.7 Å². The number of hydrogen-bond donors (Lipinski definition) is 0. The number of allylic oxidation sites excluding steroid dienone is 6. The van der Waals surface area contributed by atoms with Crippen molar-refractivity contribution in [2.24, 2.45) is 5.92 Å². The molecule has 0 saturated carbocycles. The van der Waals surface area contributed by atoms with Gasteiger partial charge in [-0.25, -0.2) is 4.39 Å². The Bertz CT molecular complexity index is 209. The van der Waals surface area contributed by atoms with Crippen molar-refractivity contribution < 1.29 is 4.39 Å². The summed E-state index contributed by atoms with van der Waals surface area (Å²) in [6.07, 6.45) is 6.78. The molecule has 1 aliphatic rings. The fraction of sp³-hybridized carbons (Fsp3) is 0.455. The first-order valence-corrected chi connectivity index (χ1v) is 4.42. The predicted octanol–water partition coefficient (Wildman–Crippen LogP) is 4.02. The molecule has 0 heterocycles. The third-order valence-corrected chi connectivity index (χ3v) is 1.74. The monoisotopic (exact) mass is 168 g/mol. The summed E-state index contributed by atoms with van der Waals surface area (Å²) in [6.45, 7) is 7.99. The smallest absolute Gasteiger partial charge is 0.119 e. The molecule has 1 atom stereocenters. The van der Waals surface area contributed by atoms with Crippen LogP contribution in [0.25, 0.3) is 0 Å². The Hall–Kier alpha value is -0.850. The maximum atomic E-state index is 12.6. The molecule has 0 aromatic heterocycles. The van der Waals surface area contributed by atoms with Crippen molar-refractivity contribution in [3.63, 3.8) is 0 Å². The maximum absolute atomic E-state index is 12.6. The van der Waals surface area contributed by atoms with Crippen molar-refractivity contribution in [3.05, 3.63) is 35.7 Å². The van der Waals surface area contributed by atoms with Crippen molar-refractivity contribution in [2.45, 2.75) is 27.7 Å². The summed E-state index contributed by atoms with van der Waals surface area (Å²) in [5.41, 5.74) is 1.20. The van der Waals surface area contributed by atoms with Gasteiger partial charge in [-0.3, -0.25) is 0 Å². The average molecular weight is 168 g/mol. The molecule has 68 valence electrons. The predicted molar refractivity (Wildman–Crippen MR) is 52.6 cm³/mol. The van der Waals surface area contributed by atoms with Crippen molar-refractivity contribution in [3.8, 4) is 0 Å². The van der Waals surface area contributed by atoms with E-state index in [0.29, 0.717) is 0 Å². The summed E-state index contributed by atoms with van der Waals surface area (Å²) in [5.74, 6) is 0.0931. The van der Waals surface area contributed by atoms with Crippen LogP contribution in [0.3, 0.4) is 0 Å². The zero-order valence-corrected chi connectivity index (χ0v) is 8.26. The van der Waals surface area contributed by atoms with Crippen LogP contribution in [0.5, 0.6) is 0 Å². The van der Waals surface area contributed by atoms with Gasteiger partial charge < -0.3 is 0 Å². The fourth-order valence-electron chi connectivity index (χ4n) is 0.869. The lowest BCUT2D eigenvalue weighted by Gasteiger charge is -2.02. The lowest BCUT2D eigenvalue weighted by Crippen LogP contribution is -1.89. The summed E-state index contributed by atoms with van der Waals surface area (Å²) in [4.78, 5) is 0. The Morgan fingerprint density at radius 1 is 1.33 bits per heavy atom. The number of hydrogen-bond acceptors (Lipinski definition) is 0. The summed E-state index contributed by atoms with van der Waals surface area (Å²) in [6, 6.07) is 0. The summed E-state index contributed by atoms with van der Waals surface area (Å²) in [7, 11) is 0. The zero-order chi connectivity index (χ0) is 9.56. The molecular weight excluding hydrogens is 151 g/mol. The van der Waals surface area contributed by atoms with Crippen LogP contribution in [-0.2, 0) is 0 Å². The minimum atomic E-state index is -0.138. The zero-order valence-electron chi connectivity index (χ0n) is 8.26. The van der Waals surface area contributed by atoms with E-state index in [1.807, 2.05) is 33.8 Å². The van der Waals surface area contributed by atoms with Crippen LogP contribution in [0.4, 0.5) is 4.39 Å². The highest BCUT2D eigenvalue weighted by molar-refractivity contribution is 5.27. The minimum Gasteiger partial charge on any atom is -0.207 e. The molecule has 1 aliphatic carbocycles. The summed E-state index contributed by atoms with van der Waals surface area (Å²) in [5, 5.41) is 0. The highest BCUT2D eigenvalue weighted by atomic mass is 19.1. The van der Waals surface area contributed by atoms with Gasteiger partial charge >= 0.3 is 0 Å². The van der Waals surface area contributed by atoms with E-state index in [2.05, 4.69) is 0 Å². The Labute approximate surface area is 74.5 Å². The number of rotatable bonds is 0. The summed E-state index contributed by atoms with van der Waals surface area (Å²) >= 11 is 0. The van der Waals surface area contributed by atoms with Crippen LogP contribution in [-0.4, -0.2) is 0 Å². The van der Waals surface area contributed by atoms with Crippen molar-refractivity contribution in [1.82, 2.24) is 0 Å². The molecule has 1 rings (SSSR count). The Morgan fingerprint density at radius 2 is 1.92 bits per heavy atom. The van der Waals surface area contributed by atoms with E-state index in [1.165, 1.54) is 11.6 Å². The lowest BCUT2D eigenvalue weighted by molar-refractivity contribution is 0.650. The van der Waals surface area contributed by atoms with Crippen LogP contribution in [0, 0.1) is 5.92 Å². The van der Waals surface area contributed by atoms with E-state index >= 15 is 0 Å². The first-order valence-electron chi connectivity index (χ1n) is 4.42. The molecule has 0 aromatic rings. The number of halogens is 1. The van der Waals surface area contributed by atoms with Gasteiger partial charge in [-0.2, -0.15) is 0 Å². The van der Waals surface area contributed by atoms with Crippen molar-refractivity contribution in [2.75, 3.05) is 0 Å². The van der Waals surface area contributed by atoms with Gasteiger partial charge in [0.15, 0.2) is 0 Å². The molecule has 0 amide bonds. The molecule has 0 nitrogen and oxygen atoms in total. The largest absolute Gasteiger partial charge is 0.207 e. The van der Waals surface area contributed by atoms with Gasteiger partial charge in [-0.05, 0) is 25.0 Å². The molecule has 0 bridgehead atoms. The highest BCUT2D eigenvalue weighted by Gasteiger charge is 2.02. The molecule has 0 aliphatic heterocycles. The fourth-order valence-corrected chi connectivity index (χ4v) is 0.869.